The molecule has 2 radical (unpaired) electrons. The maximum absolute atomic E-state index is 8.00. The number of carbonyl (C=O) groups excluding carboxylic acids is 1. The van der Waals surface area contributed by atoms with Crippen LogP contribution in [-0.2, 0) is 38.9 Å². The largest absolute Gasteiger partial charge is 0.307 e. The van der Waals surface area contributed by atoms with Crippen LogP contribution in [0.25, 0.3) is 0 Å². The monoisotopic (exact) mass is 148 g/mol. The third kappa shape index (κ3) is 15.7. The summed E-state index contributed by atoms with van der Waals surface area (Å²) in [6.07, 6.45) is 0. The topological polar surface area (TPSA) is 17.1 Å². The van der Waals surface area contributed by atoms with Crippen molar-refractivity contribution in [3.8, 4) is 0 Å². The van der Waals surface area contributed by atoms with E-state index in [1.165, 1.54) is 0 Å². The van der Waals surface area contributed by atoms with Crippen LogP contribution in [0, 0.1) is 0 Å². The number of hydrogen-bond donors (Lipinski definition) is 0. The average molecular weight is 149 g/mol. The second-order valence-corrected chi connectivity index (χ2v) is 0. The zero-order valence-electron chi connectivity index (χ0n) is 1.79. The molecule has 1 nitrogen and oxygen atoms in total. The summed E-state index contributed by atoms with van der Waals surface area (Å²) in [6.45, 7) is 2.00. The van der Waals surface area contributed by atoms with Crippen LogP contribution in [0.1, 0.15) is 0 Å². The summed E-state index contributed by atoms with van der Waals surface area (Å²) in [7, 11) is 0. The molecule has 0 aliphatic heterocycles. The number of carbonyl (C=O) groups is 1. The van der Waals surface area contributed by atoms with Gasteiger partial charge in [-0.15, -0.1) is 0 Å². The molecule has 0 saturated heterocycles. The van der Waals surface area contributed by atoms with Gasteiger partial charge in [-0.05, 0) is 0 Å². The molecule has 0 unspecified atom stereocenters. The van der Waals surface area contributed by atoms with Gasteiger partial charge in [-0.25, -0.2) is 0 Å². The van der Waals surface area contributed by atoms with E-state index in [2.05, 4.69) is 0 Å². The van der Waals surface area contributed by atoms with E-state index in [0.29, 0.717) is 0 Å². The standard InChI is InChI=1S/CH2O.Cu.Mn/c1-2;;/h1H2;;. The molecular formula is CH2CuMnO. The van der Waals surface area contributed by atoms with Crippen LogP contribution in [0.2, 0.25) is 0 Å². The minimum Gasteiger partial charge on any atom is -0.307 e. The van der Waals surface area contributed by atoms with Gasteiger partial charge in [-0.1, -0.05) is 0 Å². The van der Waals surface area contributed by atoms with Gasteiger partial charge in [0.2, 0.25) is 0 Å². The molecule has 3 heteroatoms. The molecule has 0 N–H and O–H groups in total. The molecule has 0 bridgehead atoms. The van der Waals surface area contributed by atoms with Crippen LogP contribution < -0.4 is 0 Å². The molecule has 0 aliphatic carbocycles. The maximum Gasteiger partial charge on any atom is 0.106 e. The van der Waals surface area contributed by atoms with Crippen LogP contribution in [0.5, 0.6) is 0 Å². The van der Waals surface area contributed by atoms with Crippen LogP contribution in [0.4, 0.5) is 0 Å². The second kappa shape index (κ2) is 54.2. The molecule has 30 valence electrons. The van der Waals surface area contributed by atoms with Crippen LogP contribution in [0.15, 0.2) is 0 Å². The quantitative estimate of drug-likeness (QED) is 0.435. The summed E-state index contributed by atoms with van der Waals surface area (Å²) in [4.78, 5) is 8.00. The van der Waals surface area contributed by atoms with E-state index < -0.39 is 0 Å². The zero-order valence-corrected chi connectivity index (χ0v) is 3.92. The Kier molecular flexibility index (Phi) is 300. The summed E-state index contributed by atoms with van der Waals surface area (Å²) < 4.78 is 0. The zero-order chi connectivity index (χ0) is 2.00. The first-order chi connectivity index (χ1) is 1.00. The number of rotatable bonds is 0. The summed E-state index contributed by atoms with van der Waals surface area (Å²) in [5.41, 5.74) is 0. The summed E-state index contributed by atoms with van der Waals surface area (Å²) in [6, 6.07) is 0. The first-order valence-corrected chi connectivity index (χ1v) is 0.289. The van der Waals surface area contributed by atoms with Gasteiger partial charge >= 0.3 is 0 Å². The molecule has 0 fully saturated rings. The van der Waals surface area contributed by atoms with Gasteiger partial charge in [0, 0.05) is 34.1 Å². The van der Waals surface area contributed by atoms with Gasteiger partial charge in [0.25, 0.3) is 0 Å². The van der Waals surface area contributed by atoms with Crippen molar-refractivity contribution < 1.29 is 38.9 Å². The summed E-state index contributed by atoms with van der Waals surface area (Å²) in [5.74, 6) is 0. The molecule has 0 aromatic carbocycles. The Morgan fingerprint density at radius 3 is 1.25 bits per heavy atom. The van der Waals surface area contributed by atoms with E-state index in [0.717, 1.165) is 0 Å². The Morgan fingerprint density at radius 1 is 1.25 bits per heavy atom. The van der Waals surface area contributed by atoms with E-state index in [1.807, 2.05) is 6.79 Å². The SMILES string of the molecule is C=O.[Cu].[Mn]. The summed E-state index contributed by atoms with van der Waals surface area (Å²) >= 11 is 0. The Bertz CT molecular complexity index is 8.00. The molecule has 0 heterocycles. The normalized spacial score (nSPS) is 1.00. The van der Waals surface area contributed by atoms with Gasteiger partial charge < -0.3 is 4.79 Å². The van der Waals surface area contributed by atoms with Crippen LogP contribution >= 0.6 is 0 Å². The summed E-state index contributed by atoms with van der Waals surface area (Å²) in [5, 5.41) is 0. The van der Waals surface area contributed by atoms with Crippen molar-refractivity contribution in [1.29, 1.82) is 0 Å². The van der Waals surface area contributed by atoms with Crippen molar-refractivity contribution in [2.75, 3.05) is 0 Å². The predicted octanol–water partition coefficient (Wildman–Crippen LogP) is -0.190. The Morgan fingerprint density at radius 2 is 1.25 bits per heavy atom. The third-order valence-corrected chi connectivity index (χ3v) is 0. The molecule has 0 aromatic heterocycles. The minimum atomic E-state index is 0. The predicted molar refractivity (Wildman–Crippen MR) is 7.12 cm³/mol. The van der Waals surface area contributed by atoms with E-state index in [4.69, 9.17) is 4.79 Å². The van der Waals surface area contributed by atoms with Crippen LogP contribution in [0.3, 0.4) is 0 Å². The van der Waals surface area contributed by atoms with E-state index in [9.17, 15) is 0 Å². The smallest absolute Gasteiger partial charge is 0.106 e. The minimum absolute atomic E-state index is 0. The molecular weight excluding hydrogens is 146 g/mol. The van der Waals surface area contributed by atoms with Crippen molar-refractivity contribution in [1.82, 2.24) is 0 Å². The first-order valence-electron chi connectivity index (χ1n) is 0.289. The molecule has 4 heavy (non-hydrogen) atoms. The molecule has 0 rings (SSSR count). The van der Waals surface area contributed by atoms with Crippen molar-refractivity contribution >= 4 is 6.79 Å². The average Bonchev–Trinajstić information content (AvgIpc) is 1.00. The second-order valence-electron chi connectivity index (χ2n) is 0. The van der Waals surface area contributed by atoms with Gasteiger partial charge in [0.15, 0.2) is 0 Å². The van der Waals surface area contributed by atoms with Crippen molar-refractivity contribution in [3.63, 3.8) is 0 Å². The maximum atomic E-state index is 8.00. The van der Waals surface area contributed by atoms with Crippen molar-refractivity contribution in [3.05, 3.63) is 0 Å². The van der Waals surface area contributed by atoms with Gasteiger partial charge in [-0.3, -0.25) is 0 Å². The van der Waals surface area contributed by atoms with E-state index >= 15 is 0 Å². The molecule has 0 amide bonds. The van der Waals surface area contributed by atoms with Crippen molar-refractivity contribution in [2.24, 2.45) is 0 Å². The number of hydrogen-bond acceptors (Lipinski definition) is 1. The van der Waals surface area contributed by atoms with E-state index in [-0.39, 0.29) is 34.1 Å². The molecule has 0 aliphatic rings. The first kappa shape index (κ1) is 22.2. The fraction of sp³-hybridized carbons (Fsp3) is 0. The molecule has 0 saturated carbocycles. The Balaban J connectivity index is -0.00000000500. The fourth-order valence-electron chi connectivity index (χ4n) is 0. The molecule has 0 atom stereocenters. The Labute approximate surface area is 46.1 Å². The Hall–Kier alpha value is 0.709. The van der Waals surface area contributed by atoms with Crippen molar-refractivity contribution in [2.45, 2.75) is 0 Å². The van der Waals surface area contributed by atoms with Gasteiger partial charge in [0.1, 0.15) is 6.79 Å². The molecule has 0 aromatic rings. The van der Waals surface area contributed by atoms with E-state index in [1.54, 1.807) is 0 Å². The third-order valence-electron chi connectivity index (χ3n) is 0. The van der Waals surface area contributed by atoms with Gasteiger partial charge in [0.05, 0.1) is 0 Å². The van der Waals surface area contributed by atoms with Crippen LogP contribution in [-0.4, -0.2) is 6.79 Å². The molecule has 0 spiro atoms. The van der Waals surface area contributed by atoms with Gasteiger partial charge in [-0.2, -0.15) is 0 Å². The fourth-order valence-corrected chi connectivity index (χ4v) is 0.